The maximum absolute atomic E-state index is 13.7. The van der Waals surface area contributed by atoms with Gasteiger partial charge < -0.3 is 5.32 Å². The molecule has 1 aromatic rings. The lowest BCUT2D eigenvalue weighted by atomic mass is 10.1. The molecule has 0 aromatic heterocycles. The van der Waals surface area contributed by atoms with E-state index in [0.717, 1.165) is 12.3 Å². The van der Waals surface area contributed by atoms with Crippen LogP contribution in [0.25, 0.3) is 0 Å². The van der Waals surface area contributed by atoms with E-state index in [-0.39, 0.29) is 12.1 Å². The summed E-state index contributed by atoms with van der Waals surface area (Å²) in [6, 6.07) is 2.98. The lowest BCUT2D eigenvalue weighted by Crippen LogP contribution is -2.26. The molecule has 0 spiro atoms. The molecular weight excluding hydrogens is 288 g/mol. The Morgan fingerprint density at radius 1 is 1.41 bits per heavy atom. The van der Waals surface area contributed by atoms with Gasteiger partial charge in [-0.05, 0) is 47.3 Å². The van der Waals surface area contributed by atoms with Gasteiger partial charge in [-0.15, -0.1) is 0 Å². The Labute approximate surface area is 109 Å². The molecule has 1 aliphatic carbocycles. The summed E-state index contributed by atoms with van der Waals surface area (Å²) in [6.45, 7) is 2.30. The molecule has 0 bridgehead atoms. The van der Waals surface area contributed by atoms with Crippen molar-refractivity contribution >= 4 is 15.9 Å². The predicted octanol–water partition coefficient (Wildman–Crippen LogP) is 4.01. The quantitative estimate of drug-likeness (QED) is 0.811. The topological polar surface area (TPSA) is 12.0 Å². The van der Waals surface area contributed by atoms with Crippen LogP contribution in [0.2, 0.25) is 0 Å². The van der Waals surface area contributed by atoms with Crippen LogP contribution in [0.15, 0.2) is 16.6 Å². The Kier molecular flexibility index (Phi) is 4.15. The molecule has 1 saturated carbocycles. The van der Waals surface area contributed by atoms with Gasteiger partial charge in [0.25, 0.3) is 0 Å². The van der Waals surface area contributed by atoms with Gasteiger partial charge >= 0.3 is 0 Å². The van der Waals surface area contributed by atoms with Gasteiger partial charge in [-0.2, -0.15) is 0 Å². The largest absolute Gasteiger partial charge is 0.310 e. The van der Waals surface area contributed by atoms with Gasteiger partial charge in [0, 0.05) is 18.2 Å². The average molecular weight is 304 g/mol. The highest BCUT2D eigenvalue weighted by molar-refractivity contribution is 9.10. The highest BCUT2D eigenvalue weighted by Crippen LogP contribution is 2.33. The van der Waals surface area contributed by atoms with Crippen molar-refractivity contribution in [2.75, 3.05) is 0 Å². The van der Waals surface area contributed by atoms with Crippen LogP contribution in [-0.2, 0) is 6.54 Å². The third-order valence-corrected chi connectivity index (χ3v) is 3.76. The first-order valence-corrected chi connectivity index (χ1v) is 6.73. The Morgan fingerprint density at radius 3 is 2.76 bits per heavy atom. The first-order valence-electron chi connectivity index (χ1n) is 5.93. The fraction of sp³-hybridized carbons (Fsp3) is 0.538. The van der Waals surface area contributed by atoms with E-state index >= 15 is 0 Å². The maximum Gasteiger partial charge on any atom is 0.144 e. The molecule has 1 aromatic carbocycles. The van der Waals surface area contributed by atoms with Gasteiger partial charge in [-0.3, -0.25) is 0 Å². The van der Waals surface area contributed by atoms with Crippen LogP contribution >= 0.6 is 15.9 Å². The van der Waals surface area contributed by atoms with Gasteiger partial charge in [-0.1, -0.05) is 12.8 Å². The van der Waals surface area contributed by atoms with Crippen molar-refractivity contribution in [1.29, 1.82) is 0 Å². The SMILES string of the molecule is CC(CC1CC1)NCc1c(F)ccc(Br)c1F. The van der Waals surface area contributed by atoms with Crippen LogP contribution in [0.4, 0.5) is 8.78 Å². The molecule has 1 aliphatic rings. The monoisotopic (exact) mass is 303 g/mol. The van der Waals surface area contributed by atoms with Crippen LogP contribution in [0.1, 0.15) is 31.7 Å². The lowest BCUT2D eigenvalue weighted by molar-refractivity contribution is 0.464. The van der Waals surface area contributed by atoms with Crippen molar-refractivity contribution in [3.63, 3.8) is 0 Å². The van der Waals surface area contributed by atoms with Crippen molar-refractivity contribution in [2.24, 2.45) is 5.92 Å². The minimum absolute atomic E-state index is 0.113. The molecule has 1 unspecified atom stereocenters. The molecule has 1 fully saturated rings. The summed E-state index contributed by atoms with van der Waals surface area (Å²) in [4.78, 5) is 0. The number of halogens is 3. The summed E-state index contributed by atoms with van der Waals surface area (Å²) in [5, 5.41) is 3.18. The second kappa shape index (κ2) is 5.44. The zero-order chi connectivity index (χ0) is 12.4. The molecule has 0 aliphatic heterocycles. The Balaban J connectivity index is 1.95. The molecule has 4 heteroatoms. The van der Waals surface area contributed by atoms with Gasteiger partial charge in [0.1, 0.15) is 11.6 Å². The number of nitrogens with one attached hydrogen (secondary N) is 1. The van der Waals surface area contributed by atoms with Gasteiger partial charge in [0.2, 0.25) is 0 Å². The summed E-state index contributed by atoms with van der Waals surface area (Å²) in [7, 11) is 0. The number of hydrogen-bond donors (Lipinski definition) is 1. The molecule has 1 atom stereocenters. The Bertz CT molecular complexity index is 405. The Morgan fingerprint density at radius 2 is 2.12 bits per heavy atom. The number of hydrogen-bond acceptors (Lipinski definition) is 1. The van der Waals surface area contributed by atoms with Gasteiger partial charge in [-0.25, -0.2) is 8.78 Å². The third-order valence-electron chi connectivity index (χ3n) is 3.15. The van der Waals surface area contributed by atoms with E-state index in [1.165, 1.54) is 25.0 Å². The molecule has 2 rings (SSSR count). The van der Waals surface area contributed by atoms with E-state index in [0.29, 0.717) is 10.5 Å². The normalized spacial score (nSPS) is 17.2. The van der Waals surface area contributed by atoms with Crippen molar-refractivity contribution < 1.29 is 8.78 Å². The first-order chi connectivity index (χ1) is 8.08. The van der Waals surface area contributed by atoms with Crippen molar-refractivity contribution in [1.82, 2.24) is 5.32 Å². The standard InChI is InChI=1S/C13H16BrF2N/c1-8(6-9-2-3-9)17-7-10-12(15)5-4-11(14)13(10)16/h4-5,8-9,17H,2-3,6-7H2,1H3. The summed E-state index contributed by atoms with van der Waals surface area (Å²) < 4.78 is 27.4. The zero-order valence-corrected chi connectivity index (χ0v) is 11.4. The molecule has 1 N–H and O–H groups in total. The highest BCUT2D eigenvalue weighted by atomic mass is 79.9. The summed E-state index contributed by atoms with van der Waals surface area (Å²) >= 11 is 3.07. The van der Waals surface area contributed by atoms with Crippen LogP contribution < -0.4 is 5.32 Å². The molecule has 0 radical (unpaired) electrons. The molecule has 1 nitrogen and oxygen atoms in total. The van der Waals surface area contributed by atoms with E-state index in [9.17, 15) is 8.78 Å². The van der Waals surface area contributed by atoms with Crippen LogP contribution in [0, 0.1) is 17.6 Å². The molecule has 0 amide bonds. The molecule has 94 valence electrons. The summed E-state index contributed by atoms with van der Waals surface area (Å²) in [5.74, 6) is -0.178. The van der Waals surface area contributed by atoms with Gasteiger partial charge in [0.05, 0.1) is 4.47 Å². The Hall–Kier alpha value is -0.480. The third kappa shape index (κ3) is 3.49. The molecule has 0 saturated heterocycles. The predicted molar refractivity (Wildman–Crippen MR) is 67.7 cm³/mol. The minimum atomic E-state index is -0.504. The van der Waals surface area contributed by atoms with E-state index in [1.807, 2.05) is 0 Å². The van der Waals surface area contributed by atoms with E-state index in [1.54, 1.807) is 0 Å². The second-order valence-corrected chi connectivity index (χ2v) is 5.64. The fourth-order valence-corrected chi connectivity index (χ4v) is 2.32. The van der Waals surface area contributed by atoms with E-state index in [4.69, 9.17) is 0 Å². The van der Waals surface area contributed by atoms with Crippen molar-refractivity contribution in [3.05, 3.63) is 33.8 Å². The molecule has 0 heterocycles. The van der Waals surface area contributed by atoms with Crippen LogP contribution in [0.5, 0.6) is 0 Å². The van der Waals surface area contributed by atoms with Crippen molar-refractivity contribution in [2.45, 2.75) is 38.8 Å². The minimum Gasteiger partial charge on any atom is -0.310 e. The number of rotatable bonds is 5. The first kappa shape index (κ1) is 13.0. The summed E-state index contributed by atoms with van der Waals surface area (Å²) in [6.07, 6.45) is 3.69. The maximum atomic E-state index is 13.7. The van der Waals surface area contributed by atoms with E-state index < -0.39 is 11.6 Å². The lowest BCUT2D eigenvalue weighted by Gasteiger charge is -2.14. The summed E-state index contributed by atoms with van der Waals surface area (Å²) in [5.41, 5.74) is 0.113. The average Bonchev–Trinajstić information content (AvgIpc) is 3.07. The molecule has 17 heavy (non-hydrogen) atoms. The molecular formula is C13H16BrF2N. The number of benzene rings is 1. The van der Waals surface area contributed by atoms with Crippen molar-refractivity contribution in [3.8, 4) is 0 Å². The van der Waals surface area contributed by atoms with Gasteiger partial charge in [0.15, 0.2) is 0 Å². The fourth-order valence-electron chi connectivity index (χ4n) is 1.94. The highest BCUT2D eigenvalue weighted by Gasteiger charge is 2.23. The second-order valence-electron chi connectivity index (χ2n) is 4.78. The smallest absolute Gasteiger partial charge is 0.144 e. The van der Waals surface area contributed by atoms with Crippen LogP contribution in [-0.4, -0.2) is 6.04 Å². The van der Waals surface area contributed by atoms with Crippen LogP contribution in [0.3, 0.4) is 0 Å². The van der Waals surface area contributed by atoms with E-state index in [2.05, 4.69) is 28.2 Å². The zero-order valence-electron chi connectivity index (χ0n) is 9.77.